The van der Waals surface area contributed by atoms with E-state index < -0.39 is 22.0 Å². The molecule has 0 aliphatic rings. The third-order valence-corrected chi connectivity index (χ3v) is 6.09. The summed E-state index contributed by atoms with van der Waals surface area (Å²) in [7, 11) is -3.99. The fourth-order valence-electron chi connectivity index (χ4n) is 2.68. The van der Waals surface area contributed by atoms with Crippen molar-refractivity contribution in [1.29, 1.82) is 0 Å². The van der Waals surface area contributed by atoms with Gasteiger partial charge in [-0.1, -0.05) is 41.9 Å². The van der Waals surface area contributed by atoms with Crippen LogP contribution in [-0.2, 0) is 10.0 Å². The standard InChI is InChI=1S/C21H18ClFN2O3S/c1-14(15-7-10-17(23)11-8-15)24-21(26)16-9-12-19(22)20(13-16)29(27,28)25-18-5-3-2-4-6-18/h2-14,25H,1H3,(H,24,26)/t14-/m0/s1. The van der Waals surface area contributed by atoms with Gasteiger partial charge in [0.2, 0.25) is 0 Å². The van der Waals surface area contributed by atoms with E-state index in [4.69, 9.17) is 11.6 Å². The van der Waals surface area contributed by atoms with E-state index in [1.54, 1.807) is 49.4 Å². The summed E-state index contributed by atoms with van der Waals surface area (Å²) in [4.78, 5) is 12.4. The lowest BCUT2D eigenvalue weighted by molar-refractivity contribution is 0.0939. The van der Waals surface area contributed by atoms with Crippen molar-refractivity contribution in [3.05, 3.63) is 94.8 Å². The molecule has 3 aromatic rings. The number of anilines is 1. The van der Waals surface area contributed by atoms with Crippen molar-refractivity contribution in [3.8, 4) is 0 Å². The maximum atomic E-state index is 13.1. The first kappa shape index (κ1) is 20.8. The highest BCUT2D eigenvalue weighted by Gasteiger charge is 2.21. The van der Waals surface area contributed by atoms with Crippen LogP contribution in [0.5, 0.6) is 0 Å². The lowest BCUT2D eigenvalue weighted by atomic mass is 10.1. The molecule has 0 unspecified atom stereocenters. The fraction of sp³-hybridized carbons (Fsp3) is 0.0952. The van der Waals surface area contributed by atoms with Gasteiger partial charge in [0.05, 0.1) is 11.1 Å². The topological polar surface area (TPSA) is 75.3 Å². The molecule has 29 heavy (non-hydrogen) atoms. The molecule has 3 rings (SSSR count). The van der Waals surface area contributed by atoms with Crippen LogP contribution in [0.4, 0.5) is 10.1 Å². The Bertz CT molecular complexity index is 1120. The van der Waals surface area contributed by atoms with Crippen molar-refractivity contribution in [3.63, 3.8) is 0 Å². The lowest BCUT2D eigenvalue weighted by Crippen LogP contribution is -2.27. The van der Waals surface area contributed by atoms with Crippen LogP contribution >= 0.6 is 11.6 Å². The van der Waals surface area contributed by atoms with Gasteiger partial charge in [0.1, 0.15) is 10.7 Å². The van der Waals surface area contributed by atoms with Crippen molar-refractivity contribution in [2.24, 2.45) is 0 Å². The number of sulfonamides is 1. The molecule has 0 aliphatic heterocycles. The van der Waals surface area contributed by atoms with E-state index in [2.05, 4.69) is 10.0 Å². The summed E-state index contributed by atoms with van der Waals surface area (Å²) >= 11 is 6.08. The van der Waals surface area contributed by atoms with Gasteiger partial charge in [0.25, 0.3) is 15.9 Å². The Kier molecular flexibility index (Phi) is 6.20. The molecule has 0 saturated heterocycles. The van der Waals surface area contributed by atoms with E-state index in [-0.39, 0.29) is 21.3 Å². The quantitative estimate of drug-likeness (QED) is 0.589. The summed E-state index contributed by atoms with van der Waals surface area (Å²) in [5, 5.41) is 2.76. The van der Waals surface area contributed by atoms with Gasteiger partial charge in [0.15, 0.2) is 0 Å². The summed E-state index contributed by atoms with van der Waals surface area (Å²) in [5.74, 6) is -0.847. The first-order chi connectivity index (χ1) is 13.8. The highest BCUT2D eigenvalue weighted by Crippen LogP contribution is 2.25. The van der Waals surface area contributed by atoms with E-state index in [9.17, 15) is 17.6 Å². The number of rotatable bonds is 6. The van der Waals surface area contributed by atoms with Gasteiger partial charge in [-0.25, -0.2) is 12.8 Å². The average Bonchev–Trinajstić information content (AvgIpc) is 2.69. The molecule has 0 heterocycles. The number of amides is 1. The number of nitrogens with one attached hydrogen (secondary N) is 2. The maximum absolute atomic E-state index is 13.1. The minimum absolute atomic E-state index is 0.00318. The molecule has 3 aromatic carbocycles. The molecule has 1 amide bonds. The van der Waals surface area contributed by atoms with Gasteiger partial charge < -0.3 is 5.32 Å². The van der Waals surface area contributed by atoms with Crippen LogP contribution < -0.4 is 10.0 Å². The number of para-hydroxylation sites is 1. The molecule has 150 valence electrons. The highest BCUT2D eigenvalue weighted by molar-refractivity contribution is 7.92. The largest absolute Gasteiger partial charge is 0.346 e. The first-order valence-corrected chi connectivity index (χ1v) is 10.6. The van der Waals surface area contributed by atoms with Crippen molar-refractivity contribution in [2.75, 3.05) is 4.72 Å². The molecule has 0 saturated carbocycles. The fourth-order valence-corrected chi connectivity index (χ4v) is 4.27. The molecule has 1 atom stereocenters. The zero-order valence-electron chi connectivity index (χ0n) is 15.4. The molecular formula is C21H18ClFN2O3S. The van der Waals surface area contributed by atoms with Crippen LogP contribution in [0.3, 0.4) is 0 Å². The predicted molar refractivity (Wildman–Crippen MR) is 111 cm³/mol. The molecule has 0 aromatic heterocycles. The minimum Gasteiger partial charge on any atom is -0.346 e. The average molecular weight is 433 g/mol. The van der Waals surface area contributed by atoms with Crippen molar-refractivity contribution >= 4 is 33.2 Å². The van der Waals surface area contributed by atoms with Gasteiger partial charge in [-0.05, 0) is 55.0 Å². The molecule has 0 aliphatic carbocycles. The Balaban J connectivity index is 1.82. The molecular weight excluding hydrogens is 415 g/mol. The molecule has 0 bridgehead atoms. The summed E-state index contributed by atoms with van der Waals surface area (Å²) in [6.45, 7) is 1.75. The first-order valence-electron chi connectivity index (χ1n) is 8.70. The number of hydrogen-bond donors (Lipinski definition) is 2. The second-order valence-electron chi connectivity index (χ2n) is 6.36. The third kappa shape index (κ3) is 5.13. The monoisotopic (exact) mass is 432 g/mol. The summed E-state index contributed by atoms with van der Waals surface area (Å²) in [5.41, 5.74) is 1.23. The van der Waals surface area contributed by atoms with Crippen LogP contribution in [0.15, 0.2) is 77.7 Å². The molecule has 0 radical (unpaired) electrons. The Morgan fingerprint density at radius 3 is 2.31 bits per heavy atom. The normalized spacial score (nSPS) is 12.2. The molecule has 8 heteroatoms. The van der Waals surface area contributed by atoms with Crippen LogP contribution in [0, 0.1) is 5.82 Å². The van der Waals surface area contributed by atoms with Crippen LogP contribution in [0.1, 0.15) is 28.9 Å². The zero-order valence-corrected chi connectivity index (χ0v) is 17.0. The number of carbonyl (C=O) groups is 1. The van der Waals surface area contributed by atoms with Crippen LogP contribution in [-0.4, -0.2) is 14.3 Å². The summed E-state index contributed by atoms with van der Waals surface area (Å²) in [6.07, 6.45) is 0. The Morgan fingerprint density at radius 1 is 1.00 bits per heavy atom. The van der Waals surface area contributed by atoms with E-state index in [1.165, 1.54) is 30.3 Å². The minimum atomic E-state index is -3.99. The molecule has 0 spiro atoms. The lowest BCUT2D eigenvalue weighted by Gasteiger charge is -2.15. The van der Waals surface area contributed by atoms with E-state index in [1.807, 2.05) is 0 Å². The van der Waals surface area contributed by atoms with Crippen LogP contribution in [0.2, 0.25) is 5.02 Å². The smallest absolute Gasteiger partial charge is 0.263 e. The number of carbonyl (C=O) groups excluding carboxylic acids is 1. The van der Waals surface area contributed by atoms with Crippen molar-refractivity contribution in [1.82, 2.24) is 5.32 Å². The Labute approximate surface area is 173 Å². The highest BCUT2D eigenvalue weighted by atomic mass is 35.5. The molecule has 0 fully saturated rings. The molecule has 2 N–H and O–H groups in total. The van der Waals surface area contributed by atoms with E-state index in [0.717, 1.165) is 0 Å². The SMILES string of the molecule is C[C@H](NC(=O)c1ccc(Cl)c(S(=O)(=O)Nc2ccccc2)c1)c1ccc(F)cc1. The maximum Gasteiger partial charge on any atom is 0.263 e. The van der Waals surface area contributed by atoms with Gasteiger partial charge in [-0.3, -0.25) is 9.52 Å². The predicted octanol–water partition coefficient (Wildman–Crippen LogP) is 4.77. The van der Waals surface area contributed by atoms with Crippen LogP contribution in [0.25, 0.3) is 0 Å². The van der Waals surface area contributed by atoms with Crippen molar-refractivity contribution in [2.45, 2.75) is 17.9 Å². The third-order valence-electron chi connectivity index (χ3n) is 4.23. The van der Waals surface area contributed by atoms with Gasteiger partial charge >= 0.3 is 0 Å². The Morgan fingerprint density at radius 2 is 1.66 bits per heavy atom. The number of benzene rings is 3. The van der Waals surface area contributed by atoms with Gasteiger partial charge in [-0.15, -0.1) is 0 Å². The second-order valence-corrected chi connectivity index (χ2v) is 8.42. The van der Waals surface area contributed by atoms with Gasteiger partial charge in [0, 0.05) is 11.3 Å². The van der Waals surface area contributed by atoms with Crippen molar-refractivity contribution < 1.29 is 17.6 Å². The van der Waals surface area contributed by atoms with Gasteiger partial charge in [-0.2, -0.15) is 0 Å². The number of halogens is 2. The molecule has 5 nitrogen and oxygen atoms in total. The summed E-state index contributed by atoms with van der Waals surface area (Å²) < 4.78 is 40.9. The van der Waals surface area contributed by atoms with E-state index in [0.29, 0.717) is 11.3 Å². The second kappa shape index (κ2) is 8.63. The Hall–Kier alpha value is -2.90. The summed E-state index contributed by atoms with van der Waals surface area (Å²) in [6, 6.07) is 17.7. The number of hydrogen-bond acceptors (Lipinski definition) is 3. The zero-order chi connectivity index (χ0) is 21.0. The van der Waals surface area contributed by atoms with E-state index >= 15 is 0 Å².